The number of H-pyrrole nitrogens is 1. The van der Waals surface area contributed by atoms with E-state index in [1.165, 1.54) is 17.2 Å². The average molecular weight is 264 g/mol. The number of aromatic amines is 1. The van der Waals surface area contributed by atoms with E-state index < -0.39 is 17.5 Å². The highest BCUT2D eigenvalue weighted by atomic mass is 16.3. The summed E-state index contributed by atoms with van der Waals surface area (Å²) >= 11 is 0. The number of carbonyl (C=O) groups is 2. The average Bonchev–Trinajstić information content (AvgIpc) is 2.86. The second-order valence-electron chi connectivity index (χ2n) is 4.07. The summed E-state index contributed by atoms with van der Waals surface area (Å²) in [6.45, 7) is -0.339. The molecule has 8 heteroatoms. The van der Waals surface area contributed by atoms with Crippen molar-refractivity contribution in [1.82, 2.24) is 19.5 Å². The quantitative estimate of drug-likeness (QED) is 0.650. The molecule has 2 atom stereocenters. The lowest BCUT2D eigenvalue weighted by Crippen LogP contribution is -2.18. The lowest BCUT2D eigenvalue weighted by atomic mass is 10.0. The number of aliphatic hydroxyl groups excluding tert-OH is 1. The van der Waals surface area contributed by atoms with Crippen molar-refractivity contribution in [2.45, 2.75) is 12.5 Å². The zero-order chi connectivity index (χ0) is 13.8. The second kappa shape index (κ2) is 5.53. The van der Waals surface area contributed by atoms with Crippen molar-refractivity contribution in [3.63, 3.8) is 0 Å². The van der Waals surface area contributed by atoms with Crippen molar-refractivity contribution in [2.75, 3.05) is 6.61 Å². The molecule has 8 nitrogen and oxygen atoms in total. The van der Waals surface area contributed by atoms with Crippen LogP contribution in [0.15, 0.2) is 17.4 Å². The van der Waals surface area contributed by atoms with Crippen molar-refractivity contribution < 1.29 is 14.7 Å². The van der Waals surface area contributed by atoms with Gasteiger partial charge in [-0.05, 0) is 6.42 Å². The molecule has 0 unspecified atom stereocenters. The third-order valence-corrected chi connectivity index (χ3v) is 2.85. The topological polar surface area (TPSA) is 118 Å². The van der Waals surface area contributed by atoms with Gasteiger partial charge in [0, 0.05) is 5.92 Å². The number of hydrogen-bond donors (Lipinski definition) is 2. The van der Waals surface area contributed by atoms with E-state index >= 15 is 0 Å². The number of hydrogen-bond acceptors (Lipinski definition) is 6. The normalized spacial score (nSPS) is 14.2. The van der Waals surface area contributed by atoms with Crippen molar-refractivity contribution in [3.05, 3.63) is 23.0 Å². The minimum Gasteiger partial charge on any atom is -0.396 e. The standard InChI is InChI=1S/C11H12N4O4/c16-2-7(3-17)1-8(4-18)15-6-14-9-10(15)12-5-13-11(9)19/h2,4-8,17H,1,3H2,(H,12,13,19)/t7-,8+/m0/s1. The first-order valence-electron chi connectivity index (χ1n) is 5.63. The number of aldehydes is 2. The summed E-state index contributed by atoms with van der Waals surface area (Å²) < 4.78 is 1.42. The fourth-order valence-corrected chi connectivity index (χ4v) is 1.82. The minimum absolute atomic E-state index is 0.126. The van der Waals surface area contributed by atoms with E-state index in [9.17, 15) is 14.4 Å². The molecule has 2 aromatic rings. The summed E-state index contributed by atoms with van der Waals surface area (Å²) in [4.78, 5) is 43.6. The molecule has 0 saturated heterocycles. The predicted molar refractivity (Wildman–Crippen MR) is 64.5 cm³/mol. The van der Waals surface area contributed by atoms with Gasteiger partial charge >= 0.3 is 0 Å². The molecular weight excluding hydrogens is 252 g/mol. The number of imidazole rings is 1. The Bertz CT molecular complexity index is 647. The van der Waals surface area contributed by atoms with E-state index in [1.54, 1.807) is 0 Å². The molecule has 0 aliphatic carbocycles. The monoisotopic (exact) mass is 264 g/mol. The number of carbonyl (C=O) groups excluding carboxylic acids is 2. The Morgan fingerprint density at radius 3 is 2.79 bits per heavy atom. The molecule has 0 aromatic carbocycles. The van der Waals surface area contributed by atoms with E-state index in [0.29, 0.717) is 12.6 Å². The zero-order valence-corrected chi connectivity index (χ0v) is 9.89. The van der Waals surface area contributed by atoms with Crippen LogP contribution in [0.1, 0.15) is 12.5 Å². The van der Waals surface area contributed by atoms with Gasteiger partial charge in [-0.15, -0.1) is 0 Å². The Kier molecular flexibility index (Phi) is 3.81. The smallest absolute Gasteiger partial charge is 0.278 e. The maximum Gasteiger partial charge on any atom is 0.278 e. The van der Waals surface area contributed by atoms with Crippen LogP contribution in [0, 0.1) is 5.92 Å². The molecule has 2 rings (SSSR count). The van der Waals surface area contributed by atoms with Gasteiger partial charge in [0.15, 0.2) is 11.2 Å². The van der Waals surface area contributed by atoms with Gasteiger partial charge in [-0.1, -0.05) is 0 Å². The Balaban J connectivity index is 2.41. The van der Waals surface area contributed by atoms with Crippen molar-refractivity contribution in [2.24, 2.45) is 5.92 Å². The van der Waals surface area contributed by atoms with Crippen LogP contribution in [0.5, 0.6) is 0 Å². The summed E-state index contributed by atoms with van der Waals surface area (Å²) in [6, 6.07) is -0.707. The number of aliphatic hydroxyl groups is 1. The Morgan fingerprint density at radius 1 is 1.37 bits per heavy atom. The number of rotatable bonds is 6. The fraction of sp³-hybridized carbons (Fsp3) is 0.364. The van der Waals surface area contributed by atoms with Crippen LogP contribution in [0.3, 0.4) is 0 Å². The number of nitrogens with zero attached hydrogens (tertiary/aromatic N) is 3. The van der Waals surface area contributed by atoms with Crippen LogP contribution in [-0.4, -0.2) is 43.8 Å². The molecule has 2 N–H and O–H groups in total. The first-order chi connectivity index (χ1) is 9.21. The lowest BCUT2D eigenvalue weighted by Gasteiger charge is -2.15. The van der Waals surface area contributed by atoms with Crippen LogP contribution in [0.2, 0.25) is 0 Å². The number of fused-ring (bicyclic) bond motifs is 1. The molecule has 0 spiro atoms. The van der Waals surface area contributed by atoms with Crippen LogP contribution in [-0.2, 0) is 9.59 Å². The van der Waals surface area contributed by atoms with Crippen molar-refractivity contribution >= 4 is 23.7 Å². The highest BCUT2D eigenvalue weighted by Crippen LogP contribution is 2.18. The highest BCUT2D eigenvalue weighted by molar-refractivity contribution is 5.71. The molecule has 0 amide bonds. The highest BCUT2D eigenvalue weighted by Gasteiger charge is 2.19. The van der Waals surface area contributed by atoms with E-state index in [1.807, 2.05) is 0 Å². The molecule has 0 aliphatic heterocycles. The van der Waals surface area contributed by atoms with E-state index in [0.717, 1.165) is 0 Å². The van der Waals surface area contributed by atoms with E-state index in [-0.39, 0.29) is 24.2 Å². The largest absolute Gasteiger partial charge is 0.396 e. The van der Waals surface area contributed by atoms with Crippen LogP contribution >= 0.6 is 0 Å². The van der Waals surface area contributed by atoms with E-state index in [2.05, 4.69) is 15.0 Å². The first-order valence-corrected chi connectivity index (χ1v) is 5.63. The number of aromatic nitrogens is 4. The molecule has 0 radical (unpaired) electrons. The van der Waals surface area contributed by atoms with Gasteiger partial charge in [-0.25, -0.2) is 9.97 Å². The molecule has 100 valence electrons. The molecule has 0 fully saturated rings. The zero-order valence-electron chi connectivity index (χ0n) is 9.89. The Hall–Kier alpha value is -2.35. The molecule has 19 heavy (non-hydrogen) atoms. The third kappa shape index (κ3) is 2.43. The molecule has 2 heterocycles. The Morgan fingerprint density at radius 2 is 2.16 bits per heavy atom. The number of nitrogens with one attached hydrogen (secondary N) is 1. The minimum atomic E-state index is -0.707. The molecule has 0 aliphatic rings. The molecule has 2 aromatic heterocycles. The third-order valence-electron chi connectivity index (χ3n) is 2.85. The lowest BCUT2D eigenvalue weighted by molar-refractivity contribution is -0.114. The van der Waals surface area contributed by atoms with Gasteiger partial charge in [-0.2, -0.15) is 0 Å². The fourth-order valence-electron chi connectivity index (χ4n) is 1.82. The Labute approximate surface area is 107 Å². The van der Waals surface area contributed by atoms with Gasteiger partial charge in [0.2, 0.25) is 0 Å². The molecular formula is C11H12N4O4. The van der Waals surface area contributed by atoms with Crippen molar-refractivity contribution in [3.8, 4) is 0 Å². The van der Waals surface area contributed by atoms with Crippen LogP contribution in [0.25, 0.3) is 11.2 Å². The van der Waals surface area contributed by atoms with Crippen molar-refractivity contribution in [1.29, 1.82) is 0 Å². The van der Waals surface area contributed by atoms with E-state index in [4.69, 9.17) is 5.11 Å². The van der Waals surface area contributed by atoms with Gasteiger partial charge < -0.3 is 24.2 Å². The second-order valence-corrected chi connectivity index (χ2v) is 4.07. The maximum absolute atomic E-state index is 11.5. The molecule has 0 saturated carbocycles. The maximum atomic E-state index is 11.5. The summed E-state index contributed by atoms with van der Waals surface area (Å²) in [5.74, 6) is -0.644. The van der Waals surface area contributed by atoms with Gasteiger partial charge in [0.05, 0.1) is 25.3 Å². The first kappa shape index (κ1) is 13.1. The van der Waals surface area contributed by atoms with Gasteiger partial charge in [-0.3, -0.25) is 4.79 Å². The van der Waals surface area contributed by atoms with Crippen LogP contribution in [0.4, 0.5) is 0 Å². The van der Waals surface area contributed by atoms with Gasteiger partial charge in [0.25, 0.3) is 5.56 Å². The summed E-state index contributed by atoms with van der Waals surface area (Å²) in [7, 11) is 0. The predicted octanol–water partition coefficient (Wildman–Crippen LogP) is -0.943. The summed E-state index contributed by atoms with van der Waals surface area (Å²) in [5, 5.41) is 8.98. The summed E-state index contributed by atoms with van der Waals surface area (Å²) in [6.07, 6.45) is 3.90. The van der Waals surface area contributed by atoms with Crippen LogP contribution < -0.4 is 5.56 Å². The molecule has 0 bridgehead atoms. The SMILES string of the molecule is O=C[C@@H](CO)C[C@H](C=O)n1cnc2c(=O)[nH]cnc21. The summed E-state index contributed by atoms with van der Waals surface area (Å²) in [5.41, 5.74) is -0.00747. The van der Waals surface area contributed by atoms with Gasteiger partial charge in [0.1, 0.15) is 12.6 Å².